The largest absolute Gasteiger partial charge is 0.500 e. The third kappa shape index (κ3) is 14.9. The molecule has 0 spiro atoms. The summed E-state index contributed by atoms with van der Waals surface area (Å²) in [5.41, 5.74) is 5.17. The summed E-state index contributed by atoms with van der Waals surface area (Å²) >= 11 is 3.05. The number of amides is 1. The number of rotatable bonds is 20. The average molecular weight is 530 g/mol. The molecule has 0 aliphatic rings. The van der Waals surface area contributed by atoms with Crippen LogP contribution in [0.15, 0.2) is 0 Å². The molecule has 3 unspecified atom stereocenters. The van der Waals surface area contributed by atoms with Crippen molar-refractivity contribution in [1.82, 2.24) is 0 Å². The van der Waals surface area contributed by atoms with Crippen LogP contribution in [0.5, 0.6) is 0 Å². The minimum absolute atomic E-state index is 0.152. The van der Waals surface area contributed by atoms with Gasteiger partial charge in [0.15, 0.2) is 0 Å². The Hall–Kier alpha value is -0.833. The molecule has 0 aromatic rings. The maximum absolute atomic E-state index is 12.1. The van der Waals surface area contributed by atoms with Crippen LogP contribution in [0, 0.1) is 11.8 Å². The van der Waals surface area contributed by atoms with Crippen molar-refractivity contribution in [3.63, 3.8) is 0 Å². The molecule has 0 rings (SSSR count). The zero-order chi connectivity index (χ0) is 25.3. The Labute approximate surface area is 206 Å². The van der Waals surface area contributed by atoms with Crippen molar-refractivity contribution in [3.8, 4) is 0 Å². The number of carbonyl (C=O) groups is 3. The number of hydrogen-bond donors (Lipinski definition) is 2. The highest BCUT2D eigenvalue weighted by Crippen LogP contribution is 2.19. The molecule has 13 heteroatoms. The summed E-state index contributed by atoms with van der Waals surface area (Å²) in [5.74, 6) is 0.576. The van der Waals surface area contributed by atoms with E-state index in [9.17, 15) is 19.5 Å². The number of esters is 2. The summed E-state index contributed by atoms with van der Waals surface area (Å²) in [4.78, 5) is 34.7. The second-order valence-electron chi connectivity index (χ2n) is 7.47. The maximum Gasteiger partial charge on any atom is 0.500 e. The summed E-state index contributed by atoms with van der Waals surface area (Å²) in [6, 6.07) is 0.693. The molecule has 0 aromatic carbocycles. The summed E-state index contributed by atoms with van der Waals surface area (Å²) in [5, 5.41) is 9.88. The molecule has 3 N–H and O–H groups in total. The first kappa shape index (κ1) is 32.2. The van der Waals surface area contributed by atoms with E-state index < -0.39 is 26.8 Å². The lowest BCUT2D eigenvalue weighted by molar-refractivity contribution is -0.154. The van der Waals surface area contributed by atoms with Crippen LogP contribution >= 0.6 is 23.5 Å². The number of primary amides is 1. The standard InChI is InChI=1S/C20H39NO9S2Si/c1-15(19(21)24)13-32-9-7-18(23)29-11-17(22)12-30-20(25)16(2)14-31-8-6-10-33(26-3,27-4)28-5/h15-17,22H,6-14H2,1-5H3,(H2,21,24). The topological polar surface area (TPSA) is 144 Å². The van der Waals surface area contributed by atoms with Crippen LogP contribution in [0.2, 0.25) is 6.04 Å². The number of aliphatic hydroxyl groups is 1. The molecule has 0 saturated carbocycles. The van der Waals surface area contributed by atoms with Crippen molar-refractivity contribution in [1.29, 1.82) is 0 Å². The monoisotopic (exact) mass is 529 g/mol. The highest BCUT2D eigenvalue weighted by atomic mass is 32.2. The quantitative estimate of drug-likeness (QED) is 0.134. The van der Waals surface area contributed by atoms with Gasteiger partial charge in [0.25, 0.3) is 0 Å². The Kier molecular flexibility index (Phi) is 18.0. The molecule has 0 heterocycles. The van der Waals surface area contributed by atoms with Crippen molar-refractivity contribution in [2.24, 2.45) is 17.6 Å². The fourth-order valence-corrected chi connectivity index (χ4v) is 6.38. The van der Waals surface area contributed by atoms with Crippen molar-refractivity contribution in [3.05, 3.63) is 0 Å². The normalized spacial score (nSPS) is 14.4. The smallest absolute Gasteiger partial charge is 0.463 e. The zero-order valence-corrected chi connectivity index (χ0v) is 22.8. The minimum atomic E-state index is -2.56. The van der Waals surface area contributed by atoms with E-state index in [-0.39, 0.29) is 37.4 Å². The van der Waals surface area contributed by atoms with E-state index in [0.717, 1.165) is 12.2 Å². The van der Waals surface area contributed by atoms with Crippen LogP contribution in [-0.4, -0.2) is 95.4 Å². The number of carbonyl (C=O) groups excluding carboxylic acids is 3. The number of nitrogens with two attached hydrogens (primary N) is 1. The van der Waals surface area contributed by atoms with E-state index in [1.165, 1.54) is 11.8 Å². The van der Waals surface area contributed by atoms with Gasteiger partial charge in [-0.3, -0.25) is 14.4 Å². The lowest BCUT2D eigenvalue weighted by Gasteiger charge is -2.24. The first-order valence-electron chi connectivity index (χ1n) is 10.7. The predicted octanol–water partition coefficient (Wildman–Crippen LogP) is 1.32. The first-order chi connectivity index (χ1) is 15.6. The molecule has 194 valence electrons. The van der Waals surface area contributed by atoms with E-state index in [4.69, 9.17) is 28.5 Å². The van der Waals surface area contributed by atoms with Crippen LogP contribution < -0.4 is 5.73 Å². The highest BCUT2D eigenvalue weighted by molar-refractivity contribution is 7.99. The van der Waals surface area contributed by atoms with Crippen molar-refractivity contribution >= 4 is 50.2 Å². The Morgan fingerprint density at radius 3 is 2.03 bits per heavy atom. The molecule has 10 nitrogen and oxygen atoms in total. The van der Waals surface area contributed by atoms with Gasteiger partial charge < -0.3 is 33.6 Å². The third-order valence-electron chi connectivity index (χ3n) is 4.63. The summed E-state index contributed by atoms with van der Waals surface area (Å²) in [6.07, 6.45) is -0.101. The number of thioether (sulfide) groups is 2. The lowest BCUT2D eigenvalue weighted by atomic mass is 10.2. The number of ether oxygens (including phenoxy) is 2. The van der Waals surface area contributed by atoms with Gasteiger partial charge in [0.05, 0.1) is 12.3 Å². The zero-order valence-electron chi connectivity index (χ0n) is 20.2. The SMILES string of the molecule is CO[Si](CCCSCC(C)C(=O)OCC(O)COC(=O)CCSCC(C)C(N)=O)(OC)OC. The molecular weight excluding hydrogens is 490 g/mol. The maximum atomic E-state index is 12.1. The Balaban J connectivity index is 3.91. The van der Waals surface area contributed by atoms with Gasteiger partial charge in [0.1, 0.15) is 19.3 Å². The van der Waals surface area contributed by atoms with Crippen molar-refractivity contribution < 1.29 is 42.2 Å². The van der Waals surface area contributed by atoms with Crippen LogP contribution in [0.4, 0.5) is 0 Å². The van der Waals surface area contributed by atoms with Crippen LogP contribution in [0.1, 0.15) is 26.7 Å². The first-order valence-corrected chi connectivity index (χ1v) is 15.0. The van der Waals surface area contributed by atoms with Crippen LogP contribution in [-0.2, 0) is 37.1 Å². The van der Waals surface area contributed by atoms with Crippen LogP contribution in [0.25, 0.3) is 0 Å². The fourth-order valence-electron chi connectivity index (χ4n) is 2.40. The highest BCUT2D eigenvalue weighted by Gasteiger charge is 2.36. The number of hydrogen-bond acceptors (Lipinski definition) is 11. The van der Waals surface area contributed by atoms with Gasteiger partial charge in [-0.15, -0.1) is 0 Å². The van der Waals surface area contributed by atoms with Gasteiger partial charge in [0, 0.05) is 50.5 Å². The Bertz CT molecular complexity index is 573. The molecule has 1 amide bonds. The summed E-state index contributed by atoms with van der Waals surface area (Å²) < 4.78 is 26.2. The van der Waals surface area contributed by atoms with E-state index >= 15 is 0 Å². The lowest BCUT2D eigenvalue weighted by Crippen LogP contribution is -2.42. The molecule has 33 heavy (non-hydrogen) atoms. The minimum Gasteiger partial charge on any atom is -0.463 e. The van der Waals surface area contributed by atoms with Gasteiger partial charge >= 0.3 is 20.7 Å². The summed E-state index contributed by atoms with van der Waals surface area (Å²) in [7, 11) is 2.17. The van der Waals surface area contributed by atoms with E-state index in [2.05, 4.69) is 0 Å². The summed E-state index contributed by atoms with van der Waals surface area (Å²) in [6.45, 7) is 3.00. The molecule has 0 bridgehead atoms. The van der Waals surface area contributed by atoms with Crippen molar-refractivity contribution in [2.75, 3.05) is 57.6 Å². The molecular formula is C20H39NO9S2Si. The Morgan fingerprint density at radius 1 is 0.909 bits per heavy atom. The third-order valence-corrected chi connectivity index (χ3v) is 10.0. The van der Waals surface area contributed by atoms with Gasteiger partial charge in [-0.05, 0) is 12.2 Å². The molecule has 0 saturated heterocycles. The van der Waals surface area contributed by atoms with Gasteiger partial charge in [0.2, 0.25) is 5.91 Å². The van der Waals surface area contributed by atoms with Crippen LogP contribution in [0.3, 0.4) is 0 Å². The molecule has 0 aliphatic heterocycles. The predicted molar refractivity (Wildman–Crippen MR) is 131 cm³/mol. The van der Waals surface area contributed by atoms with Gasteiger partial charge in [-0.2, -0.15) is 23.5 Å². The van der Waals surface area contributed by atoms with Gasteiger partial charge in [-0.1, -0.05) is 13.8 Å². The van der Waals surface area contributed by atoms with E-state index in [1.54, 1.807) is 46.9 Å². The second-order valence-corrected chi connectivity index (χ2v) is 12.9. The molecule has 0 fully saturated rings. The van der Waals surface area contributed by atoms with E-state index in [0.29, 0.717) is 23.3 Å². The average Bonchev–Trinajstić information content (AvgIpc) is 2.81. The Morgan fingerprint density at radius 2 is 1.45 bits per heavy atom. The molecule has 3 atom stereocenters. The number of aliphatic hydroxyl groups excluding tert-OH is 1. The molecule has 0 aromatic heterocycles. The van der Waals surface area contributed by atoms with Gasteiger partial charge in [-0.25, -0.2) is 0 Å². The van der Waals surface area contributed by atoms with E-state index in [1.807, 2.05) is 0 Å². The molecule has 0 aliphatic carbocycles. The van der Waals surface area contributed by atoms with Crippen molar-refractivity contribution in [2.45, 2.75) is 38.8 Å². The fraction of sp³-hybridized carbons (Fsp3) is 0.850. The second kappa shape index (κ2) is 18.5. The molecule has 0 radical (unpaired) electrons.